The van der Waals surface area contributed by atoms with Crippen molar-refractivity contribution in [1.82, 2.24) is 10.2 Å². The summed E-state index contributed by atoms with van der Waals surface area (Å²) in [7, 11) is 0. The van der Waals surface area contributed by atoms with Crippen LogP contribution >= 0.6 is 34.7 Å². The van der Waals surface area contributed by atoms with Gasteiger partial charge in [0.25, 0.3) is 5.78 Å². The van der Waals surface area contributed by atoms with Crippen LogP contribution in [0, 0.1) is 0 Å². The molecule has 2 aliphatic heterocycles. The van der Waals surface area contributed by atoms with Gasteiger partial charge in [-0.25, -0.2) is 0 Å². The second-order valence-corrected chi connectivity index (χ2v) is 13.6. The molecule has 4 aromatic rings. The number of aromatic nitrogens is 2. The van der Waals surface area contributed by atoms with E-state index in [1.54, 1.807) is 12.1 Å². The molecule has 1 fully saturated rings. The van der Waals surface area contributed by atoms with Crippen molar-refractivity contribution < 1.29 is 24.2 Å². The van der Waals surface area contributed by atoms with E-state index in [0.717, 1.165) is 36.1 Å². The number of fused-ring (bicyclic) bond motifs is 1. The van der Waals surface area contributed by atoms with E-state index < -0.39 is 17.7 Å². The quantitative estimate of drug-likeness (QED) is 0.0431. The Balaban J connectivity index is 1.38. The minimum absolute atomic E-state index is 0.0180. The average molecular weight is 662 g/mol. The van der Waals surface area contributed by atoms with E-state index in [2.05, 4.69) is 17.1 Å². The summed E-state index contributed by atoms with van der Waals surface area (Å²) in [5, 5.41) is 21.2. The standard InChI is InChI=1S/C34H32ClN3O5S2/c1-3-4-7-15-42-25-11-8-10-21(18-25)29-28(30(39)22-13-14-27-24(17-22)16-20(2)43-27)31(40)32(41)38(29)33-36-37-34(45-33)44-19-23-9-5-6-12-26(23)35/h5-6,8-14,17-18,20,29,39H,3-4,7,15-16,19H2,1-2H3/t20-,29-/m1/s1. The van der Waals surface area contributed by atoms with E-state index >= 15 is 0 Å². The van der Waals surface area contributed by atoms with Crippen molar-refractivity contribution in [3.05, 3.63) is 99.6 Å². The first-order valence-electron chi connectivity index (χ1n) is 14.9. The SMILES string of the molecule is CCCCCOc1cccc([C@@H]2C(=C(O)c3ccc4c(c3)C[C@@H](C)O4)C(=O)C(=O)N2c2nnc(SCc3ccccc3Cl)s2)c1. The molecule has 11 heteroatoms. The number of rotatable bonds is 11. The number of ketones is 1. The summed E-state index contributed by atoms with van der Waals surface area (Å²) in [6, 6.07) is 19.2. The molecule has 2 aliphatic rings. The maximum absolute atomic E-state index is 13.7. The lowest BCUT2D eigenvalue weighted by Gasteiger charge is -2.23. The fourth-order valence-electron chi connectivity index (χ4n) is 5.50. The number of amides is 1. The number of Topliss-reactive ketones (excluding diaryl/α,β-unsaturated/α-hetero) is 1. The van der Waals surface area contributed by atoms with E-state index in [4.69, 9.17) is 21.1 Å². The number of benzene rings is 3. The summed E-state index contributed by atoms with van der Waals surface area (Å²) in [6.07, 6.45) is 3.75. The van der Waals surface area contributed by atoms with Gasteiger partial charge in [-0.1, -0.05) is 84.8 Å². The van der Waals surface area contributed by atoms with Crippen molar-refractivity contribution >= 4 is 57.3 Å². The summed E-state index contributed by atoms with van der Waals surface area (Å²) >= 11 is 8.98. The van der Waals surface area contributed by atoms with Crippen molar-refractivity contribution in [1.29, 1.82) is 0 Å². The van der Waals surface area contributed by atoms with Crippen LogP contribution in [0.4, 0.5) is 5.13 Å². The van der Waals surface area contributed by atoms with E-state index in [9.17, 15) is 14.7 Å². The Morgan fingerprint density at radius 3 is 2.78 bits per heavy atom. The third-order valence-corrected chi connectivity index (χ3v) is 10.2. The van der Waals surface area contributed by atoms with Crippen LogP contribution in [-0.2, 0) is 21.8 Å². The van der Waals surface area contributed by atoms with Crippen molar-refractivity contribution in [2.75, 3.05) is 11.5 Å². The first-order valence-corrected chi connectivity index (χ1v) is 17.1. The van der Waals surface area contributed by atoms with Crippen LogP contribution in [0.2, 0.25) is 5.02 Å². The van der Waals surface area contributed by atoms with E-state index in [1.165, 1.54) is 28.0 Å². The number of ether oxygens (including phenoxy) is 2. The number of thioether (sulfide) groups is 1. The number of hydrogen-bond acceptors (Lipinski definition) is 9. The molecule has 0 saturated carbocycles. The number of halogens is 1. The monoisotopic (exact) mass is 661 g/mol. The van der Waals surface area contributed by atoms with E-state index in [-0.39, 0.29) is 22.6 Å². The smallest absolute Gasteiger partial charge is 0.301 e. The second kappa shape index (κ2) is 13.6. The molecule has 45 heavy (non-hydrogen) atoms. The molecule has 0 aliphatic carbocycles. The van der Waals surface area contributed by atoms with Crippen LogP contribution in [0.5, 0.6) is 11.5 Å². The van der Waals surface area contributed by atoms with Crippen LogP contribution < -0.4 is 14.4 Å². The number of nitrogens with zero attached hydrogens (tertiary/aromatic N) is 3. The molecular formula is C34H32ClN3O5S2. The number of aliphatic hydroxyl groups is 1. The molecule has 0 bridgehead atoms. The first-order chi connectivity index (χ1) is 21.8. The van der Waals surface area contributed by atoms with Gasteiger partial charge in [0.1, 0.15) is 23.4 Å². The predicted octanol–water partition coefficient (Wildman–Crippen LogP) is 8.00. The molecule has 1 saturated heterocycles. The number of carbonyl (C=O) groups is 2. The van der Waals surface area contributed by atoms with Gasteiger partial charge in [0, 0.05) is 22.8 Å². The Morgan fingerprint density at radius 2 is 1.96 bits per heavy atom. The fraction of sp³-hybridized carbons (Fsp3) is 0.294. The largest absolute Gasteiger partial charge is 0.507 e. The summed E-state index contributed by atoms with van der Waals surface area (Å²) in [6.45, 7) is 4.66. The van der Waals surface area contributed by atoms with Gasteiger partial charge >= 0.3 is 5.91 Å². The second-order valence-electron chi connectivity index (χ2n) is 11.0. The molecule has 6 rings (SSSR count). The van der Waals surface area contributed by atoms with Crippen LogP contribution in [0.15, 0.2) is 76.6 Å². The minimum Gasteiger partial charge on any atom is -0.507 e. The highest BCUT2D eigenvalue weighted by molar-refractivity contribution is 8.00. The van der Waals surface area contributed by atoms with Crippen molar-refractivity contribution in [3.63, 3.8) is 0 Å². The lowest BCUT2D eigenvalue weighted by molar-refractivity contribution is -0.132. The van der Waals surface area contributed by atoms with Crippen LogP contribution in [0.1, 0.15) is 61.4 Å². The first kappa shape index (κ1) is 31.1. The zero-order chi connectivity index (χ0) is 31.5. The molecule has 1 N–H and O–H groups in total. The van der Waals surface area contributed by atoms with Gasteiger partial charge in [-0.3, -0.25) is 14.5 Å². The summed E-state index contributed by atoms with van der Waals surface area (Å²) in [4.78, 5) is 28.8. The summed E-state index contributed by atoms with van der Waals surface area (Å²) in [5.74, 6) is 0.0976. The molecule has 1 aromatic heterocycles. The fourth-order valence-corrected chi connectivity index (χ4v) is 7.65. The summed E-state index contributed by atoms with van der Waals surface area (Å²) in [5.41, 5.74) is 2.92. The normalized spacial score (nSPS) is 18.7. The van der Waals surface area contributed by atoms with E-state index in [0.29, 0.717) is 45.0 Å². The molecule has 3 aromatic carbocycles. The lowest BCUT2D eigenvalue weighted by atomic mass is 9.94. The van der Waals surface area contributed by atoms with Gasteiger partial charge in [0.15, 0.2) is 4.34 Å². The van der Waals surface area contributed by atoms with Crippen LogP contribution in [0.25, 0.3) is 5.76 Å². The molecular weight excluding hydrogens is 630 g/mol. The molecule has 1 amide bonds. The van der Waals surface area contributed by atoms with Crippen LogP contribution in [-0.4, -0.2) is 39.7 Å². The Labute approximate surface area is 275 Å². The highest BCUT2D eigenvalue weighted by atomic mass is 35.5. The van der Waals surface area contributed by atoms with Crippen molar-refractivity contribution in [2.24, 2.45) is 0 Å². The number of anilines is 1. The van der Waals surface area contributed by atoms with Crippen molar-refractivity contribution in [3.8, 4) is 11.5 Å². The number of unbranched alkanes of at least 4 members (excludes halogenated alkanes) is 2. The van der Waals surface area contributed by atoms with Gasteiger partial charge < -0.3 is 14.6 Å². The molecule has 2 atom stereocenters. The van der Waals surface area contributed by atoms with Gasteiger partial charge in [0.05, 0.1) is 18.2 Å². The minimum atomic E-state index is -0.943. The summed E-state index contributed by atoms with van der Waals surface area (Å²) < 4.78 is 12.5. The molecule has 232 valence electrons. The third-order valence-electron chi connectivity index (χ3n) is 7.72. The maximum Gasteiger partial charge on any atom is 0.301 e. The highest BCUT2D eigenvalue weighted by Gasteiger charge is 2.48. The van der Waals surface area contributed by atoms with Gasteiger partial charge in [0.2, 0.25) is 5.13 Å². The Kier molecular flexibility index (Phi) is 9.44. The van der Waals surface area contributed by atoms with Crippen LogP contribution in [0.3, 0.4) is 0 Å². The molecule has 3 heterocycles. The topological polar surface area (TPSA) is 102 Å². The lowest BCUT2D eigenvalue weighted by Crippen LogP contribution is -2.29. The van der Waals surface area contributed by atoms with Crippen molar-refractivity contribution in [2.45, 2.75) is 61.8 Å². The molecule has 8 nitrogen and oxygen atoms in total. The third kappa shape index (κ3) is 6.59. The number of hydrogen-bond donors (Lipinski definition) is 1. The Morgan fingerprint density at radius 1 is 1.11 bits per heavy atom. The Hall–Kier alpha value is -3.86. The van der Waals surface area contributed by atoms with Gasteiger partial charge in [-0.15, -0.1) is 10.2 Å². The van der Waals surface area contributed by atoms with Gasteiger partial charge in [-0.05, 0) is 66.4 Å². The maximum atomic E-state index is 13.7. The van der Waals surface area contributed by atoms with Gasteiger partial charge in [-0.2, -0.15) is 0 Å². The number of aliphatic hydroxyl groups excluding tert-OH is 1. The Bertz CT molecular complexity index is 1770. The highest BCUT2D eigenvalue weighted by Crippen LogP contribution is 2.45. The zero-order valence-electron chi connectivity index (χ0n) is 24.9. The molecule has 0 unspecified atom stereocenters. The predicted molar refractivity (Wildman–Crippen MR) is 177 cm³/mol. The molecule has 0 spiro atoms. The number of carbonyl (C=O) groups excluding carboxylic acids is 2. The van der Waals surface area contributed by atoms with E-state index in [1.807, 2.05) is 61.5 Å². The molecule has 0 radical (unpaired) electrons. The zero-order valence-corrected chi connectivity index (χ0v) is 27.3. The average Bonchev–Trinajstić information content (AvgIpc) is 3.73.